The number of hydrogen-bond acceptors (Lipinski definition) is 3. The van der Waals surface area contributed by atoms with E-state index in [4.69, 9.17) is 11.5 Å². The zero-order valence-corrected chi connectivity index (χ0v) is 5.94. The van der Waals surface area contributed by atoms with E-state index in [9.17, 15) is 0 Å². The van der Waals surface area contributed by atoms with Crippen molar-refractivity contribution in [3.63, 3.8) is 0 Å². The Morgan fingerprint density at radius 2 is 2.00 bits per heavy atom. The van der Waals surface area contributed by atoms with Crippen molar-refractivity contribution in [3.05, 3.63) is 24.3 Å². The highest BCUT2D eigenvalue weighted by atomic mass is 15.0. The Morgan fingerprint density at radius 1 is 1.36 bits per heavy atom. The van der Waals surface area contributed by atoms with Gasteiger partial charge in [0.1, 0.15) is 12.4 Å². The summed E-state index contributed by atoms with van der Waals surface area (Å²) in [5.74, 6) is 0.665. The van der Waals surface area contributed by atoms with Crippen LogP contribution >= 0.6 is 0 Å². The molecule has 1 aromatic rings. The van der Waals surface area contributed by atoms with E-state index in [0.717, 1.165) is 0 Å². The fraction of sp³-hybridized carbons (Fsp3) is 0.167. The molecular formula is C6H9N5. The first-order valence-electron chi connectivity index (χ1n) is 3.10. The molecule has 11 heavy (non-hydrogen) atoms. The molecule has 1 rings (SSSR count). The summed E-state index contributed by atoms with van der Waals surface area (Å²) in [6, 6.07) is 1.74. The summed E-state index contributed by atoms with van der Waals surface area (Å²) in [5, 5.41) is 0. The lowest BCUT2D eigenvalue weighted by Crippen LogP contribution is -2.22. The molecule has 0 atom stereocenters. The SMILES string of the molecule is NC(N)=NCc1ncccn1. The number of rotatable bonds is 2. The molecule has 1 heterocycles. The molecule has 0 unspecified atom stereocenters. The summed E-state index contributed by atoms with van der Waals surface area (Å²) in [7, 11) is 0. The molecule has 0 saturated heterocycles. The normalized spacial score (nSPS) is 9.09. The van der Waals surface area contributed by atoms with Gasteiger partial charge in [0.2, 0.25) is 0 Å². The highest BCUT2D eigenvalue weighted by molar-refractivity contribution is 5.75. The molecule has 0 bridgehead atoms. The first kappa shape index (κ1) is 7.46. The molecule has 0 aliphatic heterocycles. The molecule has 5 nitrogen and oxygen atoms in total. The van der Waals surface area contributed by atoms with Gasteiger partial charge in [0.05, 0.1) is 0 Å². The molecule has 5 heteroatoms. The van der Waals surface area contributed by atoms with E-state index in [2.05, 4.69) is 15.0 Å². The van der Waals surface area contributed by atoms with Gasteiger partial charge in [-0.1, -0.05) is 0 Å². The van der Waals surface area contributed by atoms with Crippen LogP contribution in [0.25, 0.3) is 0 Å². The molecule has 4 N–H and O–H groups in total. The number of aliphatic imine (C=N–C) groups is 1. The second-order valence-corrected chi connectivity index (χ2v) is 1.91. The van der Waals surface area contributed by atoms with Gasteiger partial charge in [-0.05, 0) is 6.07 Å². The maximum Gasteiger partial charge on any atom is 0.186 e. The van der Waals surface area contributed by atoms with Crippen molar-refractivity contribution in [3.8, 4) is 0 Å². The Bertz CT molecular complexity index is 238. The Morgan fingerprint density at radius 3 is 2.55 bits per heavy atom. The topological polar surface area (TPSA) is 90.2 Å². The zero-order chi connectivity index (χ0) is 8.10. The van der Waals surface area contributed by atoms with Gasteiger partial charge in [0, 0.05) is 12.4 Å². The fourth-order valence-electron chi connectivity index (χ4n) is 0.574. The number of nitrogens with two attached hydrogens (primary N) is 2. The van der Waals surface area contributed by atoms with Crippen molar-refractivity contribution in [2.24, 2.45) is 16.5 Å². The highest BCUT2D eigenvalue weighted by Crippen LogP contribution is 1.88. The van der Waals surface area contributed by atoms with Crippen LogP contribution in [0.5, 0.6) is 0 Å². The van der Waals surface area contributed by atoms with E-state index in [0.29, 0.717) is 12.4 Å². The molecular weight excluding hydrogens is 142 g/mol. The highest BCUT2D eigenvalue weighted by Gasteiger charge is 1.90. The maximum atomic E-state index is 5.11. The van der Waals surface area contributed by atoms with Crippen LogP contribution in [0.1, 0.15) is 5.82 Å². The molecule has 0 aliphatic rings. The summed E-state index contributed by atoms with van der Waals surface area (Å²) in [6.07, 6.45) is 3.29. The van der Waals surface area contributed by atoms with Crippen LogP contribution in [-0.2, 0) is 6.54 Å². The number of hydrogen-bond donors (Lipinski definition) is 2. The first-order chi connectivity index (χ1) is 5.29. The lowest BCUT2D eigenvalue weighted by molar-refractivity contribution is 0.905. The zero-order valence-electron chi connectivity index (χ0n) is 5.94. The lowest BCUT2D eigenvalue weighted by atomic mass is 10.5. The minimum atomic E-state index is 0.0532. The molecule has 0 aromatic carbocycles. The van der Waals surface area contributed by atoms with Crippen molar-refractivity contribution in [2.45, 2.75) is 6.54 Å². The maximum absolute atomic E-state index is 5.11. The average Bonchev–Trinajstić information content (AvgIpc) is 2.03. The van der Waals surface area contributed by atoms with Crippen LogP contribution in [-0.4, -0.2) is 15.9 Å². The molecule has 0 radical (unpaired) electrons. The number of aromatic nitrogens is 2. The van der Waals surface area contributed by atoms with E-state index >= 15 is 0 Å². The predicted octanol–water partition coefficient (Wildman–Crippen LogP) is -0.750. The van der Waals surface area contributed by atoms with E-state index in [-0.39, 0.29) is 5.96 Å². The predicted molar refractivity (Wildman–Crippen MR) is 41.5 cm³/mol. The average molecular weight is 151 g/mol. The third-order valence-electron chi connectivity index (χ3n) is 1.02. The van der Waals surface area contributed by atoms with Gasteiger partial charge in [-0.25, -0.2) is 15.0 Å². The van der Waals surface area contributed by atoms with Crippen molar-refractivity contribution in [1.29, 1.82) is 0 Å². The van der Waals surface area contributed by atoms with Crippen molar-refractivity contribution < 1.29 is 0 Å². The second kappa shape index (κ2) is 3.50. The fourth-order valence-corrected chi connectivity index (χ4v) is 0.574. The smallest absolute Gasteiger partial charge is 0.186 e. The molecule has 1 aromatic heterocycles. The Hall–Kier alpha value is -1.65. The minimum absolute atomic E-state index is 0.0532. The Kier molecular flexibility index (Phi) is 2.37. The summed E-state index contributed by atoms with van der Waals surface area (Å²) in [4.78, 5) is 11.6. The summed E-state index contributed by atoms with van der Waals surface area (Å²) < 4.78 is 0. The van der Waals surface area contributed by atoms with E-state index in [1.165, 1.54) is 0 Å². The molecule has 0 saturated carbocycles. The summed E-state index contributed by atoms with van der Waals surface area (Å²) in [6.45, 7) is 0.336. The molecule has 58 valence electrons. The van der Waals surface area contributed by atoms with Crippen LogP contribution in [0.4, 0.5) is 0 Å². The molecule has 0 aliphatic carbocycles. The Labute approximate surface area is 64.2 Å². The number of nitrogens with zero attached hydrogens (tertiary/aromatic N) is 3. The van der Waals surface area contributed by atoms with Gasteiger partial charge < -0.3 is 11.5 Å². The van der Waals surface area contributed by atoms with Crippen LogP contribution < -0.4 is 11.5 Å². The molecule has 0 amide bonds. The van der Waals surface area contributed by atoms with Gasteiger partial charge in [-0.2, -0.15) is 0 Å². The Balaban J connectivity index is 2.59. The van der Waals surface area contributed by atoms with Gasteiger partial charge >= 0.3 is 0 Å². The third kappa shape index (κ3) is 2.61. The van der Waals surface area contributed by atoms with E-state index in [1.807, 2.05) is 0 Å². The van der Waals surface area contributed by atoms with Crippen LogP contribution in [0.3, 0.4) is 0 Å². The standard InChI is InChI=1S/C6H9N5/c7-6(8)11-4-5-9-2-1-3-10-5/h1-3H,4H2,(H4,7,8,11). The first-order valence-corrected chi connectivity index (χ1v) is 3.10. The number of guanidine groups is 1. The van der Waals surface area contributed by atoms with Crippen molar-refractivity contribution >= 4 is 5.96 Å². The van der Waals surface area contributed by atoms with Crippen LogP contribution in [0, 0.1) is 0 Å². The quantitative estimate of drug-likeness (QED) is 0.430. The van der Waals surface area contributed by atoms with Gasteiger partial charge in [-0.15, -0.1) is 0 Å². The van der Waals surface area contributed by atoms with Crippen molar-refractivity contribution in [1.82, 2.24) is 9.97 Å². The molecule has 0 spiro atoms. The summed E-state index contributed by atoms with van der Waals surface area (Å²) in [5.41, 5.74) is 10.2. The van der Waals surface area contributed by atoms with Crippen LogP contribution in [0.15, 0.2) is 23.5 Å². The monoisotopic (exact) mass is 151 g/mol. The van der Waals surface area contributed by atoms with Gasteiger partial charge in [-0.3, -0.25) is 0 Å². The molecule has 0 fully saturated rings. The minimum Gasteiger partial charge on any atom is -0.370 e. The van der Waals surface area contributed by atoms with Crippen molar-refractivity contribution in [2.75, 3.05) is 0 Å². The summed E-state index contributed by atoms with van der Waals surface area (Å²) >= 11 is 0. The second-order valence-electron chi connectivity index (χ2n) is 1.91. The largest absolute Gasteiger partial charge is 0.370 e. The lowest BCUT2D eigenvalue weighted by Gasteiger charge is -1.92. The third-order valence-corrected chi connectivity index (χ3v) is 1.02. The van der Waals surface area contributed by atoms with E-state index < -0.39 is 0 Å². The van der Waals surface area contributed by atoms with Gasteiger partial charge in [0.25, 0.3) is 0 Å². The van der Waals surface area contributed by atoms with Gasteiger partial charge in [0.15, 0.2) is 5.96 Å². The van der Waals surface area contributed by atoms with Crippen LogP contribution in [0.2, 0.25) is 0 Å². The van der Waals surface area contributed by atoms with E-state index in [1.54, 1.807) is 18.5 Å².